The lowest BCUT2D eigenvalue weighted by Gasteiger charge is -2.06. The van der Waals surface area contributed by atoms with Gasteiger partial charge in [0, 0.05) is 42.5 Å². The molecule has 0 aliphatic carbocycles. The highest BCUT2D eigenvalue weighted by atomic mass is 32.2. The van der Waals surface area contributed by atoms with Gasteiger partial charge in [-0.25, -0.2) is 10.2 Å². The molecule has 8 heteroatoms. The second-order valence-corrected chi connectivity index (χ2v) is 6.96. The van der Waals surface area contributed by atoms with E-state index in [-0.39, 0.29) is 0 Å². The normalized spacial score (nSPS) is 11.8. The fraction of sp³-hybridized carbons (Fsp3) is 0.400. The first-order valence-electron chi connectivity index (χ1n) is 7.50. The van der Waals surface area contributed by atoms with Crippen LogP contribution in [0.15, 0.2) is 29.6 Å². The topological polar surface area (TPSA) is 61.4 Å². The van der Waals surface area contributed by atoms with E-state index in [9.17, 15) is 0 Å². The third-order valence-electron chi connectivity index (χ3n) is 3.69. The molecule has 0 atom stereocenters. The lowest BCUT2D eigenvalue weighted by atomic mass is 10.2. The Hall–Kier alpha value is -1.19. The van der Waals surface area contributed by atoms with Gasteiger partial charge in [0.15, 0.2) is 5.16 Å². The van der Waals surface area contributed by atoms with Gasteiger partial charge >= 0.3 is 0 Å². The number of fused-ring (bicyclic) bond motifs is 2. The van der Waals surface area contributed by atoms with Gasteiger partial charge in [-0.3, -0.25) is 0 Å². The van der Waals surface area contributed by atoms with Crippen LogP contribution in [0.3, 0.4) is 0 Å². The van der Waals surface area contributed by atoms with E-state index in [1.807, 2.05) is 0 Å². The van der Waals surface area contributed by atoms with Crippen LogP contribution in [0.2, 0.25) is 0 Å². The zero-order valence-electron chi connectivity index (χ0n) is 13.1. The van der Waals surface area contributed by atoms with Gasteiger partial charge in [-0.2, -0.15) is 0 Å². The van der Waals surface area contributed by atoms with Crippen molar-refractivity contribution in [3.05, 3.63) is 24.4 Å². The number of benzene rings is 1. The largest absolute Gasteiger partial charge is 0.346 e. The van der Waals surface area contributed by atoms with Gasteiger partial charge in [0.1, 0.15) is 0 Å². The number of aromatic nitrogens is 3. The second-order valence-electron chi connectivity index (χ2n) is 4.95. The molecule has 23 heavy (non-hydrogen) atoms. The van der Waals surface area contributed by atoms with E-state index in [0.29, 0.717) is 5.75 Å². The molecule has 2 heterocycles. The predicted molar refractivity (Wildman–Crippen MR) is 94.6 cm³/mol. The Balaban J connectivity index is 1.97. The van der Waals surface area contributed by atoms with Crippen LogP contribution in [-0.4, -0.2) is 30.9 Å². The molecule has 0 amide bonds. The molecule has 124 valence electrons. The van der Waals surface area contributed by atoms with Crippen LogP contribution in [0.4, 0.5) is 0 Å². The van der Waals surface area contributed by atoms with Gasteiger partial charge < -0.3 is 9.13 Å². The molecule has 1 aromatic carbocycles. The molecule has 0 radical (unpaired) electrons. The Bertz CT molecular complexity index is 800. The van der Waals surface area contributed by atoms with Crippen LogP contribution >= 0.6 is 23.8 Å². The zero-order chi connectivity index (χ0) is 16.2. The molecule has 6 nitrogen and oxygen atoms in total. The minimum absolute atomic E-state index is 0.673. The number of hydrogen-bond acceptors (Lipinski definition) is 6. The van der Waals surface area contributed by atoms with Gasteiger partial charge in [0.05, 0.1) is 16.6 Å². The molecule has 0 saturated carbocycles. The van der Waals surface area contributed by atoms with Crippen molar-refractivity contribution in [2.45, 2.75) is 32.1 Å². The maximum Gasteiger partial charge on any atom is 0.169 e. The van der Waals surface area contributed by atoms with Crippen molar-refractivity contribution < 1.29 is 14.6 Å². The standard InChI is InChI=1S/C15H19N3O3S2/c1-3-18-14-10-13-11(9-12(14)16-15(18)22-4-2)5-6-17(13)7-8-23-21-20-19/h5-6,9-10,19H,3-4,7-8H2,1-2H3. The monoisotopic (exact) mass is 353 g/mol. The van der Waals surface area contributed by atoms with Crippen molar-refractivity contribution in [2.24, 2.45) is 0 Å². The Kier molecular flexibility index (Phi) is 5.50. The fourth-order valence-corrected chi connectivity index (χ4v) is 3.90. The van der Waals surface area contributed by atoms with Crippen molar-refractivity contribution in [1.82, 2.24) is 14.1 Å². The fourth-order valence-electron chi connectivity index (χ4n) is 2.72. The Morgan fingerprint density at radius 2 is 2.13 bits per heavy atom. The maximum atomic E-state index is 8.16. The average Bonchev–Trinajstić information content (AvgIpc) is 3.10. The van der Waals surface area contributed by atoms with Gasteiger partial charge in [-0.05, 0) is 30.9 Å². The van der Waals surface area contributed by atoms with E-state index >= 15 is 0 Å². The first-order valence-corrected chi connectivity index (χ1v) is 9.39. The summed E-state index contributed by atoms with van der Waals surface area (Å²) in [6, 6.07) is 6.45. The Morgan fingerprint density at radius 3 is 2.87 bits per heavy atom. The van der Waals surface area contributed by atoms with E-state index < -0.39 is 0 Å². The highest BCUT2D eigenvalue weighted by Gasteiger charge is 2.12. The summed E-state index contributed by atoms with van der Waals surface area (Å²) in [5, 5.41) is 14.0. The molecule has 0 bridgehead atoms. The first kappa shape index (κ1) is 16.7. The maximum absolute atomic E-state index is 8.16. The van der Waals surface area contributed by atoms with E-state index in [0.717, 1.165) is 41.6 Å². The molecule has 0 aliphatic rings. The lowest BCUT2D eigenvalue weighted by molar-refractivity contribution is -0.432. The quantitative estimate of drug-likeness (QED) is 0.215. The summed E-state index contributed by atoms with van der Waals surface area (Å²) in [4.78, 5) is 4.77. The van der Waals surface area contributed by atoms with Crippen LogP contribution in [0.1, 0.15) is 13.8 Å². The molecule has 3 aromatic rings. The number of hydrogen-bond donors (Lipinski definition) is 1. The van der Waals surface area contributed by atoms with E-state index in [1.165, 1.54) is 16.4 Å². The van der Waals surface area contributed by atoms with Crippen molar-refractivity contribution >= 4 is 45.7 Å². The van der Waals surface area contributed by atoms with Gasteiger partial charge in [0.25, 0.3) is 0 Å². The molecule has 0 fully saturated rings. The van der Waals surface area contributed by atoms with Crippen LogP contribution in [0.5, 0.6) is 0 Å². The molecule has 2 aromatic heterocycles. The predicted octanol–water partition coefficient (Wildman–Crippen LogP) is 4.19. The van der Waals surface area contributed by atoms with Gasteiger partial charge in [-0.15, -0.1) is 4.33 Å². The minimum Gasteiger partial charge on any atom is -0.346 e. The summed E-state index contributed by atoms with van der Waals surface area (Å²) in [5.74, 6) is 1.69. The first-order chi connectivity index (χ1) is 11.3. The molecule has 0 aliphatic heterocycles. The van der Waals surface area contributed by atoms with Crippen molar-refractivity contribution in [3.8, 4) is 0 Å². The second kappa shape index (κ2) is 7.59. The highest BCUT2D eigenvalue weighted by molar-refractivity contribution is 7.99. The summed E-state index contributed by atoms with van der Waals surface area (Å²) in [6.07, 6.45) is 2.06. The molecule has 1 N–H and O–H groups in total. The summed E-state index contributed by atoms with van der Waals surface area (Å²) in [7, 11) is 0. The zero-order valence-corrected chi connectivity index (χ0v) is 14.7. The summed E-state index contributed by atoms with van der Waals surface area (Å²) in [5.41, 5.74) is 3.38. The Labute approximate surface area is 142 Å². The SMILES string of the molecule is CCSc1nc2cc3ccn(CCSOOO)c3cc2n1CC. The number of rotatable bonds is 8. The summed E-state index contributed by atoms with van der Waals surface area (Å²) < 4.78 is 8.85. The third-order valence-corrected chi connectivity index (χ3v) is 5.05. The van der Waals surface area contributed by atoms with Crippen molar-refractivity contribution in [3.63, 3.8) is 0 Å². The molecule has 0 unspecified atom stereocenters. The van der Waals surface area contributed by atoms with Crippen LogP contribution in [0, 0.1) is 0 Å². The number of imidazole rings is 1. The average molecular weight is 353 g/mol. The summed E-state index contributed by atoms with van der Waals surface area (Å²) >= 11 is 2.84. The molecule has 0 saturated heterocycles. The molecular formula is C15H19N3O3S2. The molecule has 0 spiro atoms. The number of aryl methyl sites for hydroxylation is 2. The molecular weight excluding hydrogens is 334 g/mol. The van der Waals surface area contributed by atoms with E-state index in [2.05, 4.69) is 56.7 Å². The van der Waals surface area contributed by atoms with Crippen LogP contribution in [0.25, 0.3) is 21.9 Å². The minimum atomic E-state index is 0.673. The Morgan fingerprint density at radius 1 is 1.26 bits per heavy atom. The van der Waals surface area contributed by atoms with Gasteiger partial charge in [0.2, 0.25) is 0 Å². The third kappa shape index (κ3) is 3.36. The molecule has 3 rings (SSSR count). The van der Waals surface area contributed by atoms with Crippen LogP contribution < -0.4 is 0 Å². The van der Waals surface area contributed by atoms with E-state index in [1.54, 1.807) is 11.8 Å². The van der Waals surface area contributed by atoms with Crippen LogP contribution in [-0.2, 0) is 22.5 Å². The highest BCUT2D eigenvalue weighted by Crippen LogP contribution is 2.28. The lowest BCUT2D eigenvalue weighted by Crippen LogP contribution is -2.00. The van der Waals surface area contributed by atoms with Crippen molar-refractivity contribution in [2.75, 3.05) is 11.5 Å². The summed E-state index contributed by atoms with van der Waals surface area (Å²) in [6.45, 7) is 5.96. The number of thioether (sulfide) groups is 1. The van der Waals surface area contributed by atoms with Crippen molar-refractivity contribution in [1.29, 1.82) is 0 Å². The van der Waals surface area contributed by atoms with E-state index in [4.69, 9.17) is 10.2 Å². The van der Waals surface area contributed by atoms with Gasteiger partial charge in [-0.1, -0.05) is 23.7 Å². The number of nitrogens with zero attached hydrogens (tertiary/aromatic N) is 3. The smallest absolute Gasteiger partial charge is 0.169 e.